The Hall–Kier alpha value is -1.58. The smallest absolute Gasteiger partial charge is 0.206 e. The molecule has 0 heterocycles. The molecule has 2 saturated carbocycles. The van der Waals surface area contributed by atoms with E-state index in [0.717, 1.165) is 35.8 Å². The highest BCUT2D eigenvalue weighted by atomic mass is 19.4. The number of hydrogen-bond acceptors (Lipinski definition) is 0. The third-order valence-electron chi connectivity index (χ3n) is 7.94. The summed E-state index contributed by atoms with van der Waals surface area (Å²) in [6, 6.07) is 7.62. The van der Waals surface area contributed by atoms with Gasteiger partial charge in [0.1, 0.15) is 5.82 Å². The third-order valence-corrected chi connectivity index (χ3v) is 7.94. The molecular weight excluding hydrogens is 400 g/mol. The van der Waals surface area contributed by atoms with Crippen molar-refractivity contribution >= 4 is 10.8 Å². The van der Waals surface area contributed by atoms with Gasteiger partial charge in [0, 0.05) is 5.39 Å². The first kappa shape index (κ1) is 22.6. The number of alkyl halides is 3. The molecule has 2 unspecified atom stereocenters. The number of unbranched alkanes of at least 4 members (excludes halogenated alkanes) is 3. The molecule has 2 aliphatic carbocycles. The Morgan fingerprint density at radius 3 is 2.42 bits per heavy atom. The van der Waals surface area contributed by atoms with Crippen molar-refractivity contribution in [2.75, 3.05) is 0 Å². The van der Waals surface area contributed by atoms with E-state index >= 15 is 0 Å². The van der Waals surface area contributed by atoms with Crippen LogP contribution in [0.3, 0.4) is 0 Å². The average Bonchev–Trinajstić information content (AvgIpc) is 2.75. The second-order valence-corrected chi connectivity index (χ2v) is 9.96. The average molecular weight is 435 g/mol. The van der Waals surface area contributed by atoms with E-state index in [4.69, 9.17) is 0 Å². The molecule has 2 aromatic carbocycles. The maximum atomic E-state index is 14.4. The molecule has 2 aromatic rings. The van der Waals surface area contributed by atoms with E-state index in [1.54, 1.807) is 6.07 Å². The predicted molar refractivity (Wildman–Crippen MR) is 119 cm³/mol. The normalized spacial score (nSPS) is 26.7. The lowest BCUT2D eigenvalue weighted by Crippen LogP contribution is -2.30. The molecule has 0 amide bonds. The van der Waals surface area contributed by atoms with E-state index in [9.17, 15) is 17.6 Å². The van der Waals surface area contributed by atoms with Gasteiger partial charge in [-0.25, -0.2) is 4.39 Å². The second-order valence-electron chi connectivity index (χ2n) is 9.96. The van der Waals surface area contributed by atoms with Crippen molar-refractivity contribution in [3.05, 3.63) is 47.3 Å². The molecule has 4 atom stereocenters. The highest BCUT2D eigenvalue weighted by Gasteiger charge is 2.37. The molecule has 0 spiro atoms. The second kappa shape index (κ2) is 9.50. The van der Waals surface area contributed by atoms with Crippen LogP contribution in [0.4, 0.5) is 17.6 Å². The Kier molecular flexibility index (Phi) is 6.93. The lowest BCUT2D eigenvalue weighted by Gasteiger charge is -2.42. The standard InChI is InChI=1S/C27H34F4/c1-2-3-4-5-6-18-7-8-20-16-21(10-9-19(20)15-18)22-11-13-24-23(17-22)12-14-25(26(24)28)27(29,30)31/h11-14,17-21H,2-10,15-16H2,1H3/t18-,19?,20-,21?/m1/s1. The summed E-state index contributed by atoms with van der Waals surface area (Å²) in [4.78, 5) is 0. The largest absolute Gasteiger partial charge is 0.419 e. The summed E-state index contributed by atoms with van der Waals surface area (Å²) >= 11 is 0. The van der Waals surface area contributed by atoms with Gasteiger partial charge < -0.3 is 0 Å². The van der Waals surface area contributed by atoms with Gasteiger partial charge in [-0.2, -0.15) is 13.2 Å². The van der Waals surface area contributed by atoms with Crippen LogP contribution >= 0.6 is 0 Å². The van der Waals surface area contributed by atoms with Crippen molar-refractivity contribution in [1.82, 2.24) is 0 Å². The number of halogens is 4. The quantitative estimate of drug-likeness (QED) is 0.314. The number of benzene rings is 2. The summed E-state index contributed by atoms with van der Waals surface area (Å²) in [5, 5.41) is 0.636. The topological polar surface area (TPSA) is 0 Å². The van der Waals surface area contributed by atoms with Crippen LogP contribution in [0.1, 0.15) is 94.6 Å². The number of hydrogen-bond donors (Lipinski definition) is 0. The fraction of sp³-hybridized carbons (Fsp3) is 0.630. The van der Waals surface area contributed by atoms with Crippen LogP contribution in [0, 0.1) is 23.6 Å². The van der Waals surface area contributed by atoms with E-state index in [0.29, 0.717) is 11.3 Å². The number of rotatable bonds is 6. The molecule has 0 N–H and O–H groups in total. The first-order valence-corrected chi connectivity index (χ1v) is 12.2. The molecule has 2 fully saturated rings. The summed E-state index contributed by atoms with van der Waals surface area (Å²) in [5.74, 6) is 1.80. The molecule has 31 heavy (non-hydrogen) atoms. The number of fused-ring (bicyclic) bond motifs is 2. The summed E-state index contributed by atoms with van der Waals surface area (Å²) < 4.78 is 53.4. The zero-order chi connectivity index (χ0) is 22.0. The lowest BCUT2D eigenvalue weighted by atomic mass is 9.63. The van der Waals surface area contributed by atoms with Gasteiger partial charge in [-0.1, -0.05) is 69.7 Å². The zero-order valence-electron chi connectivity index (χ0n) is 18.5. The van der Waals surface area contributed by atoms with Gasteiger partial charge in [-0.3, -0.25) is 0 Å². The zero-order valence-corrected chi connectivity index (χ0v) is 18.5. The predicted octanol–water partition coefficient (Wildman–Crippen LogP) is 9.27. The van der Waals surface area contributed by atoms with E-state index in [2.05, 4.69) is 6.92 Å². The van der Waals surface area contributed by atoms with Crippen LogP contribution in [0.2, 0.25) is 0 Å². The molecule has 0 saturated heterocycles. The molecule has 170 valence electrons. The fourth-order valence-electron chi connectivity index (χ4n) is 6.19. The molecule has 0 radical (unpaired) electrons. The fourth-order valence-corrected chi connectivity index (χ4v) is 6.19. The SMILES string of the molecule is CCCCCC[C@@H]1CC[C@@H]2CC(c3ccc4c(F)c(C(F)(F)F)ccc4c3)CCC2C1. The summed E-state index contributed by atoms with van der Waals surface area (Å²) in [6.45, 7) is 2.26. The maximum absolute atomic E-state index is 14.4. The lowest BCUT2D eigenvalue weighted by molar-refractivity contribution is -0.139. The molecule has 0 aromatic heterocycles. The van der Waals surface area contributed by atoms with Crippen LogP contribution in [0.5, 0.6) is 0 Å². The van der Waals surface area contributed by atoms with Crippen LogP contribution < -0.4 is 0 Å². The summed E-state index contributed by atoms with van der Waals surface area (Å²) in [5.41, 5.74) is -0.0218. The minimum Gasteiger partial charge on any atom is -0.206 e. The van der Waals surface area contributed by atoms with E-state index in [1.165, 1.54) is 70.3 Å². The summed E-state index contributed by atoms with van der Waals surface area (Å²) in [6.07, 6.45) is 9.73. The van der Waals surface area contributed by atoms with Crippen molar-refractivity contribution in [2.24, 2.45) is 17.8 Å². The molecule has 2 aliphatic rings. The third kappa shape index (κ3) is 5.09. The monoisotopic (exact) mass is 434 g/mol. The first-order chi connectivity index (χ1) is 14.9. The molecule has 4 rings (SSSR count). The van der Waals surface area contributed by atoms with E-state index < -0.39 is 17.6 Å². The Balaban J connectivity index is 1.40. The Bertz CT molecular complexity index is 885. The van der Waals surface area contributed by atoms with Crippen LogP contribution in [0.15, 0.2) is 30.3 Å². The molecule has 4 heteroatoms. The van der Waals surface area contributed by atoms with Crippen molar-refractivity contribution < 1.29 is 17.6 Å². The van der Waals surface area contributed by atoms with Crippen molar-refractivity contribution in [3.63, 3.8) is 0 Å². The van der Waals surface area contributed by atoms with Gasteiger partial charge in [0.2, 0.25) is 0 Å². The van der Waals surface area contributed by atoms with Crippen LogP contribution in [-0.2, 0) is 6.18 Å². The van der Waals surface area contributed by atoms with Crippen LogP contribution in [-0.4, -0.2) is 0 Å². The van der Waals surface area contributed by atoms with Gasteiger partial charge in [-0.15, -0.1) is 0 Å². The Labute approximate surface area is 183 Å². The molecular formula is C27H34F4. The highest BCUT2D eigenvalue weighted by Crippen LogP contribution is 2.48. The van der Waals surface area contributed by atoms with Crippen molar-refractivity contribution in [3.8, 4) is 0 Å². The molecule has 0 aliphatic heterocycles. The van der Waals surface area contributed by atoms with Gasteiger partial charge in [0.25, 0.3) is 0 Å². The van der Waals surface area contributed by atoms with E-state index in [-0.39, 0.29) is 5.39 Å². The maximum Gasteiger partial charge on any atom is 0.419 e. The molecule has 0 nitrogen and oxygen atoms in total. The van der Waals surface area contributed by atoms with Crippen molar-refractivity contribution in [1.29, 1.82) is 0 Å². The van der Waals surface area contributed by atoms with Gasteiger partial charge in [0.15, 0.2) is 0 Å². The van der Waals surface area contributed by atoms with E-state index in [1.807, 2.05) is 12.1 Å². The minimum atomic E-state index is -4.66. The van der Waals surface area contributed by atoms with Gasteiger partial charge in [0.05, 0.1) is 5.56 Å². The minimum absolute atomic E-state index is 0.0656. The molecule has 0 bridgehead atoms. The Morgan fingerprint density at radius 2 is 1.65 bits per heavy atom. The highest BCUT2D eigenvalue weighted by molar-refractivity contribution is 5.84. The first-order valence-electron chi connectivity index (χ1n) is 12.2. The van der Waals surface area contributed by atoms with Crippen molar-refractivity contribution in [2.45, 2.75) is 89.6 Å². The summed E-state index contributed by atoms with van der Waals surface area (Å²) in [7, 11) is 0. The van der Waals surface area contributed by atoms with Gasteiger partial charge >= 0.3 is 6.18 Å². The Morgan fingerprint density at radius 1 is 0.871 bits per heavy atom. The van der Waals surface area contributed by atoms with Crippen LogP contribution in [0.25, 0.3) is 10.8 Å². The van der Waals surface area contributed by atoms with Gasteiger partial charge in [-0.05, 0) is 72.8 Å².